The van der Waals surface area contributed by atoms with Crippen LogP contribution < -0.4 is 0 Å². The van der Waals surface area contributed by atoms with Crippen LogP contribution in [-0.4, -0.2) is 11.5 Å². The van der Waals surface area contributed by atoms with Crippen LogP contribution >= 0.6 is 0 Å². The number of carbonyl (C=O) groups is 1. The van der Waals surface area contributed by atoms with Crippen molar-refractivity contribution in [3.8, 4) is 0 Å². The Bertz CT molecular complexity index is 430. The van der Waals surface area contributed by atoms with Gasteiger partial charge in [0, 0.05) is 12.3 Å². The predicted molar refractivity (Wildman–Crippen MR) is 57.2 cm³/mol. The van der Waals surface area contributed by atoms with Crippen molar-refractivity contribution in [1.82, 2.24) is 0 Å². The van der Waals surface area contributed by atoms with Gasteiger partial charge in [-0.3, -0.25) is 4.79 Å². The minimum atomic E-state index is -0.234. The average molecular weight is 187 g/mol. The number of hydrogen-bond acceptors (Lipinski definition) is 2. The SMILES string of the molecule is CC(=O)C1=Nc2ccccc2C1(C)C. The lowest BCUT2D eigenvalue weighted by atomic mass is 9.80. The van der Waals surface area contributed by atoms with E-state index in [9.17, 15) is 4.79 Å². The minimum Gasteiger partial charge on any atom is -0.293 e. The summed E-state index contributed by atoms with van der Waals surface area (Å²) in [6, 6.07) is 7.92. The number of fused-ring (bicyclic) bond motifs is 1. The summed E-state index contributed by atoms with van der Waals surface area (Å²) < 4.78 is 0. The zero-order valence-electron chi connectivity index (χ0n) is 8.66. The number of Topliss-reactive ketones (excluding diaryl/α,β-unsaturated/α-hetero) is 1. The molecule has 0 saturated carbocycles. The van der Waals surface area contributed by atoms with Crippen molar-refractivity contribution in [1.29, 1.82) is 0 Å². The Kier molecular flexibility index (Phi) is 1.81. The topological polar surface area (TPSA) is 29.4 Å². The zero-order chi connectivity index (χ0) is 10.3. The zero-order valence-corrected chi connectivity index (χ0v) is 8.66. The molecule has 0 amide bonds. The van der Waals surface area contributed by atoms with Crippen molar-refractivity contribution >= 4 is 17.2 Å². The second kappa shape index (κ2) is 2.77. The van der Waals surface area contributed by atoms with Gasteiger partial charge in [-0.25, -0.2) is 4.99 Å². The average Bonchev–Trinajstić information content (AvgIpc) is 2.39. The molecule has 1 aromatic rings. The highest BCUT2D eigenvalue weighted by Gasteiger charge is 2.36. The number of para-hydroxylation sites is 1. The maximum atomic E-state index is 11.4. The monoisotopic (exact) mass is 187 g/mol. The van der Waals surface area contributed by atoms with E-state index >= 15 is 0 Å². The number of hydrogen-bond donors (Lipinski definition) is 0. The van der Waals surface area contributed by atoms with Crippen molar-refractivity contribution in [2.75, 3.05) is 0 Å². The fraction of sp³-hybridized carbons (Fsp3) is 0.333. The molecule has 1 aromatic carbocycles. The van der Waals surface area contributed by atoms with E-state index in [-0.39, 0.29) is 11.2 Å². The van der Waals surface area contributed by atoms with Crippen molar-refractivity contribution < 1.29 is 4.79 Å². The fourth-order valence-electron chi connectivity index (χ4n) is 2.01. The summed E-state index contributed by atoms with van der Waals surface area (Å²) in [4.78, 5) is 15.8. The van der Waals surface area contributed by atoms with Crippen molar-refractivity contribution in [3.63, 3.8) is 0 Å². The standard InChI is InChI=1S/C12H13NO/c1-8(14)11-12(2,3)9-6-4-5-7-10(9)13-11/h4-7H,1-3H3. The fourth-order valence-corrected chi connectivity index (χ4v) is 2.01. The van der Waals surface area contributed by atoms with Gasteiger partial charge in [-0.1, -0.05) is 18.2 Å². The van der Waals surface area contributed by atoms with Crippen LogP contribution in [0.2, 0.25) is 0 Å². The third-order valence-electron chi connectivity index (χ3n) is 2.74. The maximum Gasteiger partial charge on any atom is 0.174 e. The van der Waals surface area contributed by atoms with Crippen LogP contribution in [0.25, 0.3) is 0 Å². The summed E-state index contributed by atoms with van der Waals surface area (Å²) >= 11 is 0. The van der Waals surface area contributed by atoms with Gasteiger partial charge in [0.15, 0.2) is 5.78 Å². The third-order valence-corrected chi connectivity index (χ3v) is 2.74. The van der Waals surface area contributed by atoms with Gasteiger partial charge in [0.25, 0.3) is 0 Å². The van der Waals surface area contributed by atoms with E-state index < -0.39 is 0 Å². The molecule has 0 radical (unpaired) electrons. The Hall–Kier alpha value is -1.44. The molecule has 0 spiro atoms. The smallest absolute Gasteiger partial charge is 0.174 e. The first-order valence-corrected chi connectivity index (χ1v) is 4.73. The van der Waals surface area contributed by atoms with Gasteiger partial charge in [0.2, 0.25) is 0 Å². The highest BCUT2D eigenvalue weighted by Crippen LogP contribution is 2.39. The first-order chi connectivity index (χ1) is 6.53. The maximum absolute atomic E-state index is 11.4. The van der Waals surface area contributed by atoms with E-state index in [2.05, 4.69) is 4.99 Å². The van der Waals surface area contributed by atoms with Crippen LogP contribution in [0.4, 0.5) is 5.69 Å². The normalized spacial score (nSPS) is 17.5. The Morgan fingerprint density at radius 3 is 2.50 bits per heavy atom. The number of benzene rings is 1. The lowest BCUT2D eigenvalue weighted by molar-refractivity contribution is -0.111. The van der Waals surface area contributed by atoms with Crippen molar-refractivity contribution in [3.05, 3.63) is 29.8 Å². The largest absolute Gasteiger partial charge is 0.293 e. The van der Waals surface area contributed by atoms with Gasteiger partial charge >= 0.3 is 0 Å². The molecule has 14 heavy (non-hydrogen) atoms. The highest BCUT2D eigenvalue weighted by molar-refractivity contribution is 6.43. The van der Waals surface area contributed by atoms with E-state index in [0.29, 0.717) is 5.71 Å². The molecule has 2 heteroatoms. The number of nitrogens with zero attached hydrogens (tertiary/aromatic N) is 1. The molecular formula is C12H13NO. The van der Waals surface area contributed by atoms with Crippen LogP contribution in [0.1, 0.15) is 26.3 Å². The Balaban J connectivity index is 2.62. The Morgan fingerprint density at radius 2 is 1.93 bits per heavy atom. The van der Waals surface area contributed by atoms with Crippen LogP contribution in [0, 0.1) is 0 Å². The van der Waals surface area contributed by atoms with Crippen molar-refractivity contribution in [2.45, 2.75) is 26.2 Å². The molecule has 0 saturated heterocycles. The van der Waals surface area contributed by atoms with Crippen LogP contribution in [0.15, 0.2) is 29.3 Å². The minimum absolute atomic E-state index is 0.0613. The summed E-state index contributed by atoms with van der Waals surface area (Å²) in [5.41, 5.74) is 2.51. The summed E-state index contributed by atoms with van der Waals surface area (Å²) in [5.74, 6) is 0.0613. The van der Waals surface area contributed by atoms with E-state index in [1.54, 1.807) is 6.92 Å². The molecule has 0 aromatic heterocycles. The predicted octanol–water partition coefficient (Wildman–Crippen LogP) is 2.64. The molecule has 0 bridgehead atoms. The second-order valence-electron chi connectivity index (χ2n) is 4.16. The van der Waals surface area contributed by atoms with Crippen molar-refractivity contribution in [2.24, 2.45) is 4.99 Å². The van der Waals surface area contributed by atoms with Crippen LogP contribution in [0.5, 0.6) is 0 Å². The number of carbonyl (C=O) groups excluding carboxylic acids is 1. The highest BCUT2D eigenvalue weighted by atomic mass is 16.1. The molecule has 0 aliphatic carbocycles. The van der Waals surface area contributed by atoms with Gasteiger partial charge in [-0.15, -0.1) is 0 Å². The van der Waals surface area contributed by atoms with E-state index in [4.69, 9.17) is 0 Å². The molecule has 1 aliphatic rings. The Morgan fingerprint density at radius 1 is 1.29 bits per heavy atom. The molecule has 0 N–H and O–H groups in total. The van der Waals surface area contributed by atoms with Gasteiger partial charge in [0.05, 0.1) is 11.4 Å². The summed E-state index contributed by atoms with van der Waals surface area (Å²) in [6.07, 6.45) is 0. The molecule has 2 rings (SSSR count). The summed E-state index contributed by atoms with van der Waals surface area (Å²) in [6.45, 7) is 5.66. The van der Waals surface area contributed by atoms with Gasteiger partial charge in [0.1, 0.15) is 0 Å². The van der Waals surface area contributed by atoms with Gasteiger partial charge in [-0.2, -0.15) is 0 Å². The number of rotatable bonds is 1. The first-order valence-electron chi connectivity index (χ1n) is 4.73. The summed E-state index contributed by atoms with van der Waals surface area (Å²) in [7, 11) is 0. The third kappa shape index (κ3) is 1.10. The molecule has 2 nitrogen and oxygen atoms in total. The number of aliphatic imine (C=N–C) groups is 1. The van der Waals surface area contributed by atoms with Crippen LogP contribution in [0.3, 0.4) is 0 Å². The quantitative estimate of drug-likeness (QED) is 0.664. The van der Waals surface area contributed by atoms with Gasteiger partial charge < -0.3 is 0 Å². The van der Waals surface area contributed by atoms with E-state index in [1.165, 1.54) is 0 Å². The molecule has 1 aliphatic heterocycles. The lowest BCUT2D eigenvalue weighted by Gasteiger charge is -2.20. The molecule has 0 fully saturated rings. The molecule has 72 valence electrons. The first kappa shape index (κ1) is 9.13. The van der Waals surface area contributed by atoms with E-state index in [0.717, 1.165) is 11.3 Å². The van der Waals surface area contributed by atoms with Gasteiger partial charge in [-0.05, 0) is 25.5 Å². The summed E-state index contributed by atoms with van der Waals surface area (Å²) in [5, 5.41) is 0. The Labute approximate surface area is 83.7 Å². The molecule has 1 heterocycles. The van der Waals surface area contributed by atoms with E-state index in [1.807, 2.05) is 38.1 Å². The lowest BCUT2D eigenvalue weighted by Crippen LogP contribution is -2.30. The second-order valence-corrected chi connectivity index (χ2v) is 4.16. The molecule has 0 atom stereocenters. The molecule has 0 unspecified atom stereocenters. The molecular weight excluding hydrogens is 174 g/mol. The van der Waals surface area contributed by atoms with Crippen LogP contribution in [-0.2, 0) is 10.2 Å². The number of ketones is 1.